The summed E-state index contributed by atoms with van der Waals surface area (Å²) in [6.45, 7) is 13.3. The van der Waals surface area contributed by atoms with Crippen LogP contribution in [-0.4, -0.2) is 197 Å². The van der Waals surface area contributed by atoms with Crippen LogP contribution in [0.25, 0.3) is 0 Å². The molecule has 96 heavy (non-hydrogen) atoms. The molecule has 0 aromatic heterocycles. The lowest BCUT2D eigenvalue weighted by molar-refractivity contribution is -0.148. The molecule has 27 nitrogen and oxygen atoms in total. The summed E-state index contributed by atoms with van der Waals surface area (Å²) in [5.41, 5.74) is 6.90. The molecule has 2 saturated heterocycles. The van der Waals surface area contributed by atoms with Crippen molar-refractivity contribution in [2.45, 2.75) is 206 Å². The first kappa shape index (κ1) is 76.6. The van der Waals surface area contributed by atoms with Gasteiger partial charge >= 0.3 is 18.1 Å². The number of rotatable bonds is 37. The van der Waals surface area contributed by atoms with Crippen molar-refractivity contribution in [1.29, 1.82) is 0 Å². The van der Waals surface area contributed by atoms with Gasteiger partial charge in [0.1, 0.15) is 36.8 Å². The van der Waals surface area contributed by atoms with Gasteiger partial charge in [0.25, 0.3) is 11.8 Å². The average Bonchev–Trinajstić information content (AvgIpc) is 1.60. The van der Waals surface area contributed by atoms with Gasteiger partial charge in [0, 0.05) is 77.6 Å². The molecule has 12 amide bonds. The number of unbranched alkanes of at least 4 members (excludes halogenated alkanes) is 2. The Balaban J connectivity index is 1.04. The number of amides is 12. The number of urea groups is 1. The minimum absolute atomic E-state index is 0.0793. The molecule has 9 N–H and O–H groups in total. The number of nitrogens with one attached hydrogen (secondary N) is 6. The fraction of sp³-hybridized carbons (Fsp3) is 0.623. The molecular weight excluding hydrogens is 1240 g/mol. The third-order valence-corrected chi connectivity index (χ3v) is 19.1. The first-order valence-electron chi connectivity index (χ1n) is 33.7. The zero-order valence-corrected chi connectivity index (χ0v) is 57.2. The number of imide groups is 1. The second kappa shape index (κ2) is 36.6. The zero-order valence-electron chi connectivity index (χ0n) is 57.2. The number of benzene rings is 2. The third kappa shape index (κ3) is 20.8. The maximum Gasteiger partial charge on any atom is 0.411 e. The second-order valence-electron chi connectivity index (χ2n) is 26.5. The van der Waals surface area contributed by atoms with Crippen molar-refractivity contribution < 1.29 is 76.9 Å². The number of likely N-dealkylation sites (tertiary alicyclic amines) is 2. The first-order chi connectivity index (χ1) is 45.7. The van der Waals surface area contributed by atoms with E-state index in [2.05, 4.69) is 31.9 Å². The number of hydrogen-bond donors (Lipinski definition) is 8. The Morgan fingerprint density at radius 2 is 1.41 bits per heavy atom. The Morgan fingerprint density at radius 3 is 2.02 bits per heavy atom. The number of carboxylic acid groups (broad SMARTS) is 1. The summed E-state index contributed by atoms with van der Waals surface area (Å²) in [6, 6.07) is 8.00. The summed E-state index contributed by atoms with van der Waals surface area (Å²) in [5, 5.41) is 26.5. The molecule has 3 aliphatic heterocycles. The van der Waals surface area contributed by atoms with Gasteiger partial charge in [-0.25, -0.2) is 14.4 Å². The Bertz CT molecular complexity index is 3060. The molecule has 27 heteroatoms. The van der Waals surface area contributed by atoms with E-state index in [1.807, 2.05) is 33.8 Å². The molecule has 3 fully saturated rings. The maximum atomic E-state index is 14.9. The molecule has 528 valence electrons. The van der Waals surface area contributed by atoms with Crippen LogP contribution in [0.5, 0.6) is 0 Å². The summed E-state index contributed by atoms with van der Waals surface area (Å²) >= 11 is 0. The number of anilines is 1. The van der Waals surface area contributed by atoms with E-state index in [0.29, 0.717) is 75.6 Å². The summed E-state index contributed by atoms with van der Waals surface area (Å²) in [6.07, 6.45) is 5.73. The van der Waals surface area contributed by atoms with Crippen LogP contribution in [0, 0.1) is 29.6 Å². The zero-order chi connectivity index (χ0) is 70.5. The fourth-order valence-electron chi connectivity index (χ4n) is 13.6. The molecule has 1 unspecified atom stereocenters. The smallest absolute Gasteiger partial charge is 0.411 e. The Kier molecular flexibility index (Phi) is 29.2. The van der Waals surface area contributed by atoms with Crippen molar-refractivity contribution in [3.05, 3.63) is 77.9 Å². The van der Waals surface area contributed by atoms with Crippen LogP contribution in [0.3, 0.4) is 0 Å². The molecule has 1 aliphatic carbocycles. The molecule has 4 aliphatic rings. The van der Waals surface area contributed by atoms with Crippen LogP contribution in [0.4, 0.5) is 15.3 Å². The number of nitrogens with zero attached hydrogens (tertiary/aromatic N) is 4. The third-order valence-electron chi connectivity index (χ3n) is 19.1. The van der Waals surface area contributed by atoms with Gasteiger partial charge < -0.3 is 66.8 Å². The lowest BCUT2D eigenvalue weighted by Gasteiger charge is -2.41. The number of fused-ring (bicyclic) bond motifs is 2. The van der Waals surface area contributed by atoms with Gasteiger partial charge in [0.15, 0.2) is 0 Å². The highest BCUT2D eigenvalue weighted by atomic mass is 16.6. The van der Waals surface area contributed by atoms with Crippen molar-refractivity contribution >= 4 is 76.9 Å². The molecule has 3 heterocycles. The van der Waals surface area contributed by atoms with Gasteiger partial charge in [0.05, 0.1) is 36.6 Å². The highest BCUT2D eigenvalue weighted by Crippen LogP contribution is 2.43. The SMILES string of the molecule is CC[C@H](C)[C@@H]([C@@H](CC(=O)N1CCC[C@H]1[C@H](OC)[C@@H](C)C(=O)N[C@@H](Cc1ccccc1)C(=O)O)OC)N(C)C(=O)[C@@H](NC(=O)[C@@H]1C2CC[C@@H](C2)N1C(=O)OCc1ccc(NC(=O)[C@H](CCCNC(N)=O)NC(=O)[C@H](NC(=O)CCCCCN2C(=O)C=CC2=O)C(C)C)cc1)C(C)C. The molecule has 0 spiro atoms. The van der Waals surface area contributed by atoms with E-state index in [1.165, 1.54) is 31.3 Å². The van der Waals surface area contributed by atoms with Crippen LogP contribution in [0.1, 0.15) is 143 Å². The van der Waals surface area contributed by atoms with Gasteiger partial charge in [-0.1, -0.05) is 104 Å². The van der Waals surface area contributed by atoms with Crippen LogP contribution in [0.15, 0.2) is 66.7 Å². The summed E-state index contributed by atoms with van der Waals surface area (Å²) in [4.78, 5) is 166. The number of nitrogens with two attached hydrogens (primary N) is 1. The van der Waals surface area contributed by atoms with Crippen molar-refractivity contribution in [3.63, 3.8) is 0 Å². The minimum Gasteiger partial charge on any atom is -0.480 e. The quantitative estimate of drug-likeness (QED) is 0.0340. The van der Waals surface area contributed by atoms with E-state index < -0.39 is 114 Å². The number of carbonyl (C=O) groups excluding carboxylic acids is 11. The second-order valence-corrected chi connectivity index (χ2v) is 26.5. The Hall–Kier alpha value is -8.46. The number of aliphatic carboxylic acids is 1. The van der Waals surface area contributed by atoms with Gasteiger partial charge in [-0.15, -0.1) is 0 Å². The van der Waals surface area contributed by atoms with Crippen LogP contribution in [0.2, 0.25) is 0 Å². The first-order valence-corrected chi connectivity index (χ1v) is 33.7. The lowest BCUT2D eigenvalue weighted by atomic mass is 9.89. The van der Waals surface area contributed by atoms with E-state index in [4.69, 9.17) is 19.9 Å². The average molecular weight is 1340 g/mol. The monoisotopic (exact) mass is 1340 g/mol. The summed E-state index contributed by atoms with van der Waals surface area (Å²) in [5.74, 6) is -7.20. The molecular formula is C69H101N11O16. The van der Waals surface area contributed by atoms with Crippen LogP contribution < -0.4 is 37.6 Å². The molecule has 2 bridgehead atoms. The lowest BCUT2D eigenvalue weighted by Crippen LogP contribution is -2.60. The van der Waals surface area contributed by atoms with E-state index in [-0.39, 0.29) is 99.2 Å². The van der Waals surface area contributed by atoms with Crippen LogP contribution in [-0.2, 0) is 75.2 Å². The predicted octanol–water partition coefficient (Wildman–Crippen LogP) is 4.55. The normalized spacial score (nSPS) is 20.1. The number of primary amides is 1. The number of carbonyl (C=O) groups is 12. The van der Waals surface area contributed by atoms with Gasteiger partial charge in [-0.3, -0.25) is 53.0 Å². The van der Waals surface area contributed by atoms with Crippen molar-refractivity contribution in [2.75, 3.05) is 46.2 Å². The molecule has 2 aromatic rings. The number of ether oxygens (including phenoxy) is 3. The number of hydrogen-bond acceptors (Lipinski definition) is 15. The van der Waals surface area contributed by atoms with E-state index in [9.17, 15) is 62.6 Å². The number of likely N-dealkylation sites (N-methyl/N-ethyl adjacent to an activating group) is 1. The van der Waals surface area contributed by atoms with Gasteiger partial charge in [0.2, 0.25) is 41.4 Å². The van der Waals surface area contributed by atoms with E-state index >= 15 is 0 Å². The van der Waals surface area contributed by atoms with E-state index in [0.717, 1.165) is 10.5 Å². The highest BCUT2D eigenvalue weighted by Gasteiger charge is 2.53. The van der Waals surface area contributed by atoms with Crippen molar-refractivity contribution in [3.8, 4) is 0 Å². The molecule has 0 radical (unpaired) electrons. The number of methoxy groups -OCH3 is 2. The fourth-order valence-corrected chi connectivity index (χ4v) is 13.6. The number of piperidine rings is 1. The molecule has 13 atom stereocenters. The van der Waals surface area contributed by atoms with Crippen molar-refractivity contribution in [1.82, 2.24) is 46.2 Å². The Labute approximate surface area is 562 Å². The van der Waals surface area contributed by atoms with Gasteiger partial charge in [-0.2, -0.15) is 0 Å². The largest absolute Gasteiger partial charge is 0.480 e. The van der Waals surface area contributed by atoms with Gasteiger partial charge in [-0.05, 0) is 105 Å². The van der Waals surface area contributed by atoms with E-state index in [1.54, 1.807) is 86.1 Å². The summed E-state index contributed by atoms with van der Waals surface area (Å²) < 4.78 is 17.9. The maximum absolute atomic E-state index is 14.9. The molecule has 2 aromatic carbocycles. The topological polar surface area (TPSA) is 364 Å². The van der Waals surface area contributed by atoms with Crippen molar-refractivity contribution in [2.24, 2.45) is 35.3 Å². The minimum atomic E-state index is -1.19. The Morgan fingerprint density at radius 1 is 0.740 bits per heavy atom. The van der Waals surface area contributed by atoms with Crippen LogP contribution >= 0.6 is 0 Å². The standard InChI is InChI=1S/C69H101N11O16/c1-11-42(6)59(52(94-9)38-56(84)78-35-19-23-51(78)61(95-10)43(7)62(85)74-50(67(90)91)36-44-20-14-12-15-21-44)77(8)66(89)58(41(4)5)76-65(88)60-46-27-30-48(37-46)80(60)69(93)96-39-45-25-28-47(29-26-45)72-63(86)49(22-18-33-71-68(70)92)73-64(87)57(40(2)3)75-53(81)24-16-13-17-34-79-54(82)31-32-55(79)83/h12,14-15,20-21,25-26,28-29,31-32,40-43,46,48-52,57-61H,11,13,16-19,22-24,27,30,33-39H2,1-10H3,(H,72,86)(H,73,87)(H,74,85)(H,75,81)(H,76,88)(H,90,91)(H3,70,71,92)/t42-,43+,46?,48-,49-,50-,51-,52+,57+,58-,59-,60-,61+/m0/s1. The highest BCUT2D eigenvalue weighted by molar-refractivity contribution is 6.12. The molecule has 6 rings (SSSR count). The predicted molar refractivity (Wildman–Crippen MR) is 354 cm³/mol. The number of carboxylic acids is 1. The molecule has 1 saturated carbocycles. The summed E-state index contributed by atoms with van der Waals surface area (Å²) in [7, 11) is 4.59.